The van der Waals surface area contributed by atoms with Crippen LogP contribution < -0.4 is 4.57 Å². The molecule has 0 bridgehead atoms. The zero-order chi connectivity index (χ0) is 23.3. The highest BCUT2D eigenvalue weighted by atomic mass is 15.0. The molecule has 0 amide bonds. The Balaban J connectivity index is 2.20. The van der Waals surface area contributed by atoms with E-state index in [0.29, 0.717) is 0 Å². The van der Waals surface area contributed by atoms with Crippen molar-refractivity contribution in [3.63, 3.8) is 0 Å². The summed E-state index contributed by atoms with van der Waals surface area (Å²) in [7, 11) is 0. The Morgan fingerprint density at radius 2 is 0.906 bits per heavy atom. The van der Waals surface area contributed by atoms with E-state index in [0.717, 1.165) is 0 Å². The lowest BCUT2D eigenvalue weighted by molar-refractivity contribution is -0.710. The van der Waals surface area contributed by atoms with Crippen LogP contribution in [0, 0.1) is 13.8 Å². The zero-order valence-corrected chi connectivity index (χ0v) is 22.7. The van der Waals surface area contributed by atoms with Gasteiger partial charge in [0.2, 0.25) is 0 Å². The highest BCUT2D eigenvalue weighted by Crippen LogP contribution is 2.14. The summed E-state index contributed by atoms with van der Waals surface area (Å²) in [6, 6.07) is 4.83. The third-order valence-electron chi connectivity index (χ3n) is 7.13. The predicted molar refractivity (Wildman–Crippen MR) is 144 cm³/mol. The first-order valence-corrected chi connectivity index (χ1v) is 14.7. The summed E-state index contributed by atoms with van der Waals surface area (Å²) in [6.07, 6.45) is 29.7. The molecule has 1 aromatic rings. The minimum Gasteiger partial charge on any atom is -0.200 e. The van der Waals surface area contributed by atoms with Crippen LogP contribution >= 0.6 is 0 Å². The van der Waals surface area contributed by atoms with Crippen LogP contribution in [-0.4, -0.2) is 0 Å². The maximum atomic E-state index is 2.63. The van der Waals surface area contributed by atoms with Gasteiger partial charge in [0.1, 0.15) is 6.54 Å². The molecule has 0 radical (unpaired) electrons. The highest BCUT2D eigenvalue weighted by Gasteiger charge is 2.14. The van der Waals surface area contributed by atoms with Crippen molar-refractivity contribution in [1.82, 2.24) is 0 Å². The second-order valence-corrected chi connectivity index (χ2v) is 10.4. The average Bonchev–Trinajstić information content (AvgIpc) is 2.77. The largest absolute Gasteiger partial charge is 0.200 e. The van der Waals surface area contributed by atoms with Crippen molar-refractivity contribution in [3.8, 4) is 0 Å². The maximum absolute atomic E-state index is 2.63. The van der Waals surface area contributed by atoms with Crippen LogP contribution in [-0.2, 0) is 13.0 Å². The third-order valence-corrected chi connectivity index (χ3v) is 7.13. The molecule has 0 atom stereocenters. The van der Waals surface area contributed by atoms with E-state index in [4.69, 9.17) is 0 Å². The van der Waals surface area contributed by atoms with E-state index in [1.54, 1.807) is 5.69 Å². The summed E-state index contributed by atoms with van der Waals surface area (Å²) in [4.78, 5) is 0. The number of hydrogen-bond acceptors (Lipinski definition) is 0. The molecule has 0 aliphatic heterocycles. The Labute approximate surface area is 202 Å². The number of aromatic nitrogens is 1. The summed E-state index contributed by atoms with van der Waals surface area (Å²) < 4.78 is 2.63. The smallest absolute Gasteiger partial charge is 0.181 e. The lowest BCUT2D eigenvalue weighted by atomic mass is 10.0. The number of pyridine rings is 1. The highest BCUT2D eigenvalue weighted by molar-refractivity contribution is 5.14. The van der Waals surface area contributed by atoms with Crippen LogP contribution in [0.15, 0.2) is 12.1 Å². The van der Waals surface area contributed by atoms with Gasteiger partial charge < -0.3 is 0 Å². The molecular weight excluding hydrogens is 386 g/mol. The molecular formula is C31H58N+. The summed E-state index contributed by atoms with van der Waals surface area (Å²) in [5.74, 6) is 0. The van der Waals surface area contributed by atoms with Gasteiger partial charge in [-0.3, -0.25) is 0 Å². The van der Waals surface area contributed by atoms with Crippen molar-refractivity contribution in [3.05, 3.63) is 29.1 Å². The molecule has 0 N–H and O–H groups in total. The van der Waals surface area contributed by atoms with E-state index in [2.05, 4.69) is 44.4 Å². The molecule has 1 aromatic heterocycles. The minimum atomic E-state index is 1.22. The van der Waals surface area contributed by atoms with Crippen molar-refractivity contribution < 1.29 is 4.57 Å². The molecule has 1 nitrogen and oxygen atoms in total. The van der Waals surface area contributed by atoms with E-state index >= 15 is 0 Å². The maximum Gasteiger partial charge on any atom is 0.181 e. The van der Waals surface area contributed by atoms with E-state index in [1.165, 1.54) is 153 Å². The van der Waals surface area contributed by atoms with Gasteiger partial charge in [0.05, 0.1) is 0 Å². The Hall–Kier alpha value is -0.850. The second-order valence-electron chi connectivity index (χ2n) is 10.4. The van der Waals surface area contributed by atoms with Gasteiger partial charge >= 0.3 is 0 Å². The Bertz CT molecular complexity index is 548. The van der Waals surface area contributed by atoms with E-state index in [9.17, 15) is 0 Å². The SMILES string of the molecule is CCCCCCCCCCCCc1cc(C)cc(C)[n+]1CCCCCCCCCCCC. The fraction of sp³-hybridized carbons (Fsp3) is 0.839. The summed E-state index contributed by atoms with van der Waals surface area (Å²) in [5.41, 5.74) is 4.48. The standard InChI is InChI=1S/C31H58N/c1-5-7-9-11-13-15-17-19-21-23-25-31-28-29(3)27-30(4)32(31)26-24-22-20-18-16-14-12-10-8-6-2/h27-28H,5-26H2,1-4H3/q+1. The third kappa shape index (κ3) is 15.1. The molecule has 0 saturated carbocycles. The van der Waals surface area contributed by atoms with Crippen molar-refractivity contribution in [2.75, 3.05) is 0 Å². The van der Waals surface area contributed by atoms with Crippen molar-refractivity contribution >= 4 is 0 Å². The molecule has 0 aromatic carbocycles. The monoisotopic (exact) mass is 444 g/mol. The topological polar surface area (TPSA) is 3.88 Å². The molecule has 0 aliphatic rings. The first-order valence-electron chi connectivity index (χ1n) is 14.7. The molecule has 0 aliphatic carbocycles. The van der Waals surface area contributed by atoms with E-state index in [-0.39, 0.29) is 0 Å². The second kappa shape index (κ2) is 20.7. The molecule has 1 heteroatoms. The minimum absolute atomic E-state index is 1.22. The fourth-order valence-electron chi connectivity index (χ4n) is 5.09. The summed E-state index contributed by atoms with van der Waals surface area (Å²) in [6.45, 7) is 10.4. The normalized spacial score (nSPS) is 11.4. The quantitative estimate of drug-likeness (QED) is 0.124. The van der Waals surface area contributed by atoms with Gasteiger partial charge in [-0.25, -0.2) is 4.57 Å². The van der Waals surface area contributed by atoms with Gasteiger partial charge in [-0.2, -0.15) is 0 Å². The van der Waals surface area contributed by atoms with Crippen LogP contribution in [0.5, 0.6) is 0 Å². The zero-order valence-electron chi connectivity index (χ0n) is 22.7. The average molecular weight is 445 g/mol. The van der Waals surface area contributed by atoms with Crippen molar-refractivity contribution in [2.45, 2.75) is 169 Å². The van der Waals surface area contributed by atoms with Gasteiger partial charge in [-0.15, -0.1) is 0 Å². The molecule has 1 heterocycles. The fourth-order valence-corrected chi connectivity index (χ4v) is 5.09. The van der Waals surface area contributed by atoms with Crippen LogP contribution in [0.4, 0.5) is 0 Å². The number of hydrogen-bond donors (Lipinski definition) is 0. The van der Waals surface area contributed by atoms with Gasteiger partial charge in [0.25, 0.3) is 0 Å². The molecule has 0 fully saturated rings. The number of unbranched alkanes of at least 4 members (excludes halogenated alkanes) is 18. The van der Waals surface area contributed by atoms with Gasteiger partial charge in [0, 0.05) is 31.9 Å². The van der Waals surface area contributed by atoms with Crippen LogP contribution in [0.25, 0.3) is 0 Å². The van der Waals surface area contributed by atoms with Crippen molar-refractivity contribution in [1.29, 1.82) is 0 Å². The molecule has 186 valence electrons. The van der Waals surface area contributed by atoms with E-state index < -0.39 is 0 Å². The predicted octanol–water partition coefficient (Wildman–Crippen LogP) is 9.98. The van der Waals surface area contributed by atoms with Crippen LogP contribution in [0.3, 0.4) is 0 Å². The molecule has 32 heavy (non-hydrogen) atoms. The molecule has 1 rings (SSSR count). The van der Waals surface area contributed by atoms with Gasteiger partial charge in [0.15, 0.2) is 11.4 Å². The van der Waals surface area contributed by atoms with Crippen LogP contribution in [0.1, 0.15) is 159 Å². The number of rotatable bonds is 22. The number of nitrogens with zero attached hydrogens (tertiary/aromatic N) is 1. The van der Waals surface area contributed by atoms with Gasteiger partial charge in [-0.1, -0.05) is 123 Å². The van der Waals surface area contributed by atoms with Crippen molar-refractivity contribution in [2.24, 2.45) is 0 Å². The Morgan fingerprint density at radius 1 is 0.500 bits per heavy atom. The first kappa shape index (κ1) is 29.2. The molecule has 0 saturated heterocycles. The first-order chi connectivity index (χ1) is 15.7. The van der Waals surface area contributed by atoms with Crippen LogP contribution in [0.2, 0.25) is 0 Å². The lowest BCUT2D eigenvalue weighted by Crippen LogP contribution is -2.41. The van der Waals surface area contributed by atoms with Gasteiger partial charge in [-0.05, 0) is 25.3 Å². The number of aryl methyl sites for hydroxylation is 3. The molecule has 0 spiro atoms. The summed E-state index contributed by atoms with van der Waals surface area (Å²) >= 11 is 0. The lowest BCUT2D eigenvalue weighted by Gasteiger charge is -2.09. The Kier molecular flexibility index (Phi) is 18.9. The summed E-state index contributed by atoms with van der Waals surface area (Å²) in [5, 5.41) is 0. The molecule has 0 unspecified atom stereocenters. The van der Waals surface area contributed by atoms with E-state index in [1.807, 2.05) is 0 Å². The Morgan fingerprint density at radius 3 is 1.38 bits per heavy atom.